The maximum absolute atomic E-state index is 12.8. The molecule has 0 unspecified atom stereocenters. The molecule has 0 bridgehead atoms. The van der Waals surface area contributed by atoms with Crippen LogP contribution >= 0.6 is 11.6 Å². The van der Waals surface area contributed by atoms with E-state index in [0.717, 1.165) is 11.3 Å². The number of nitrogens with one attached hydrogen (secondary N) is 1. The Labute approximate surface area is 180 Å². The van der Waals surface area contributed by atoms with E-state index in [1.165, 1.54) is 7.11 Å². The average molecular weight is 428 g/mol. The molecule has 6 nitrogen and oxygen atoms in total. The normalized spacial score (nSPS) is 10.3. The van der Waals surface area contributed by atoms with Crippen LogP contribution in [0.2, 0.25) is 5.02 Å². The monoisotopic (exact) mass is 427 g/mol. The number of amides is 1. The molecular formula is C23H22ClNO5. The fourth-order valence-electron chi connectivity index (χ4n) is 2.84. The second kappa shape index (κ2) is 9.89. The molecule has 3 rings (SSSR count). The summed E-state index contributed by atoms with van der Waals surface area (Å²) in [6.07, 6.45) is 0. The molecular weight excluding hydrogens is 406 g/mol. The van der Waals surface area contributed by atoms with Crippen molar-refractivity contribution >= 4 is 23.2 Å². The molecule has 0 aliphatic carbocycles. The molecule has 3 aromatic carbocycles. The number of hydrogen-bond donors (Lipinski definition) is 1. The van der Waals surface area contributed by atoms with Crippen molar-refractivity contribution in [3.63, 3.8) is 0 Å². The van der Waals surface area contributed by atoms with Crippen molar-refractivity contribution in [2.24, 2.45) is 0 Å². The minimum atomic E-state index is -0.302. The summed E-state index contributed by atoms with van der Waals surface area (Å²) in [4.78, 5) is 12.8. The Kier molecular flexibility index (Phi) is 7.03. The van der Waals surface area contributed by atoms with Crippen LogP contribution in [0.25, 0.3) is 0 Å². The Hall–Kier alpha value is -3.38. The van der Waals surface area contributed by atoms with Gasteiger partial charge < -0.3 is 24.3 Å². The van der Waals surface area contributed by atoms with Gasteiger partial charge in [-0.05, 0) is 60.7 Å². The Morgan fingerprint density at radius 3 is 2.17 bits per heavy atom. The fraction of sp³-hybridized carbons (Fsp3) is 0.174. The van der Waals surface area contributed by atoms with Crippen LogP contribution in [0.5, 0.6) is 23.0 Å². The minimum absolute atomic E-state index is 0.233. The number of carbonyl (C=O) groups is 1. The molecule has 0 saturated heterocycles. The van der Waals surface area contributed by atoms with Gasteiger partial charge in [0.2, 0.25) is 0 Å². The molecule has 3 aromatic rings. The highest BCUT2D eigenvalue weighted by Gasteiger charge is 2.14. The van der Waals surface area contributed by atoms with Gasteiger partial charge >= 0.3 is 0 Å². The number of methoxy groups -OCH3 is 3. The van der Waals surface area contributed by atoms with E-state index in [1.54, 1.807) is 50.6 Å². The number of carbonyl (C=O) groups excluding carboxylic acids is 1. The van der Waals surface area contributed by atoms with Crippen molar-refractivity contribution in [1.29, 1.82) is 0 Å². The van der Waals surface area contributed by atoms with Crippen LogP contribution in [0.1, 0.15) is 15.9 Å². The molecule has 0 atom stereocenters. The maximum Gasteiger partial charge on any atom is 0.255 e. The number of benzene rings is 3. The molecule has 0 aliphatic heterocycles. The van der Waals surface area contributed by atoms with Crippen molar-refractivity contribution in [1.82, 2.24) is 0 Å². The van der Waals surface area contributed by atoms with Gasteiger partial charge in [0.25, 0.3) is 5.91 Å². The topological polar surface area (TPSA) is 66.0 Å². The number of halogens is 1. The third kappa shape index (κ3) is 5.15. The zero-order valence-electron chi connectivity index (χ0n) is 16.9. The lowest BCUT2D eigenvalue weighted by molar-refractivity contribution is 0.102. The van der Waals surface area contributed by atoms with Crippen LogP contribution in [0.15, 0.2) is 60.7 Å². The van der Waals surface area contributed by atoms with Gasteiger partial charge in [-0.2, -0.15) is 0 Å². The molecule has 0 saturated carbocycles. The first-order valence-electron chi connectivity index (χ1n) is 9.12. The highest BCUT2D eigenvalue weighted by Crippen LogP contribution is 2.29. The van der Waals surface area contributed by atoms with Crippen molar-refractivity contribution in [3.8, 4) is 23.0 Å². The summed E-state index contributed by atoms with van der Waals surface area (Å²) in [5, 5.41) is 3.32. The molecule has 156 valence electrons. The zero-order chi connectivity index (χ0) is 21.5. The number of rotatable bonds is 8. The summed E-state index contributed by atoms with van der Waals surface area (Å²) in [7, 11) is 4.71. The van der Waals surface area contributed by atoms with Gasteiger partial charge in [-0.25, -0.2) is 0 Å². The molecule has 1 N–H and O–H groups in total. The lowest BCUT2D eigenvalue weighted by Gasteiger charge is -2.14. The molecule has 0 fully saturated rings. The second-order valence-corrected chi connectivity index (χ2v) is 6.73. The lowest BCUT2D eigenvalue weighted by Crippen LogP contribution is -2.13. The first-order valence-corrected chi connectivity index (χ1v) is 9.50. The number of hydrogen-bond acceptors (Lipinski definition) is 5. The van der Waals surface area contributed by atoms with Gasteiger partial charge in [-0.15, -0.1) is 0 Å². The minimum Gasteiger partial charge on any atom is -0.497 e. The first-order chi connectivity index (χ1) is 14.5. The number of ether oxygens (including phenoxy) is 4. The standard InChI is InChI=1S/C23H22ClNO5/c1-27-18-6-8-19(9-7-18)30-14-16-12-15(4-10-21(16)28-2)23(26)25-20-13-17(24)5-11-22(20)29-3/h4-13H,14H2,1-3H3,(H,25,26). The van der Waals surface area contributed by atoms with Crippen LogP contribution in [0.3, 0.4) is 0 Å². The largest absolute Gasteiger partial charge is 0.497 e. The molecule has 0 aromatic heterocycles. The van der Waals surface area contributed by atoms with Crippen LogP contribution in [-0.2, 0) is 6.61 Å². The Morgan fingerprint density at radius 1 is 0.833 bits per heavy atom. The molecule has 0 radical (unpaired) electrons. The maximum atomic E-state index is 12.8. The predicted octanol–water partition coefficient (Wildman–Crippen LogP) is 5.20. The summed E-state index contributed by atoms with van der Waals surface area (Å²) in [5.74, 6) is 2.26. The summed E-state index contributed by atoms with van der Waals surface area (Å²) in [6.45, 7) is 0.233. The predicted molar refractivity (Wildman–Crippen MR) is 116 cm³/mol. The zero-order valence-corrected chi connectivity index (χ0v) is 17.7. The lowest BCUT2D eigenvalue weighted by atomic mass is 10.1. The summed E-state index contributed by atoms with van der Waals surface area (Å²) in [5.41, 5.74) is 1.67. The highest BCUT2D eigenvalue weighted by atomic mass is 35.5. The van der Waals surface area contributed by atoms with E-state index >= 15 is 0 Å². The van der Waals surface area contributed by atoms with Gasteiger partial charge in [-0.1, -0.05) is 11.6 Å². The van der Waals surface area contributed by atoms with Crippen molar-refractivity contribution < 1.29 is 23.7 Å². The van der Waals surface area contributed by atoms with E-state index < -0.39 is 0 Å². The Bertz CT molecular complexity index is 1020. The molecule has 0 spiro atoms. The van der Waals surface area contributed by atoms with E-state index in [9.17, 15) is 4.79 Å². The van der Waals surface area contributed by atoms with E-state index in [1.807, 2.05) is 24.3 Å². The van der Waals surface area contributed by atoms with Crippen LogP contribution in [-0.4, -0.2) is 27.2 Å². The smallest absolute Gasteiger partial charge is 0.255 e. The Balaban J connectivity index is 1.77. The summed E-state index contributed by atoms with van der Waals surface area (Å²) >= 11 is 6.04. The van der Waals surface area contributed by atoms with E-state index in [4.69, 9.17) is 30.5 Å². The van der Waals surface area contributed by atoms with E-state index in [2.05, 4.69) is 5.32 Å². The van der Waals surface area contributed by atoms with Gasteiger partial charge in [-0.3, -0.25) is 4.79 Å². The molecule has 1 amide bonds. The number of anilines is 1. The quantitative estimate of drug-likeness (QED) is 0.535. The van der Waals surface area contributed by atoms with Gasteiger partial charge in [0.05, 0.1) is 27.0 Å². The van der Waals surface area contributed by atoms with Crippen molar-refractivity contribution in [2.45, 2.75) is 6.61 Å². The van der Waals surface area contributed by atoms with Gasteiger partial charge in [0.1, 0.15) is 29.6 Å². The van der Waals surface area contributed by atoms with Gasteiger partial charge in [0, 0.05) is 16.1 Å². The average Bonchev–Trinajstić information content (AvgIpc) is 2.78. The second-order valence-electron chi connectivity index (χ2n) is 6.29. The van der Waals surface area contributed by atoms with Crippen LogP contribution in [0, 0.1) is 0 Å². The third-order valence-corrected chi connectivity index (χ3v) is 4.64. The van der Waals surface area contributed by atoms with Crippen molar-refractivity contribution in [2.75, 3.05) is 26.6 Å². The molecule has 0 aliphatic rings. The highest BCUT2D eigenvalue weighted by molar-refractivity contribution is 6.31. The Morgan fingerprint density at radius 2 is 1.50 bits per heavy atom. The summed E-state index contributed by atoms with van der Waals surface area (Å²) < 4.78 is 21.7. The third-order valence-electron chi connectivity index (χ3n) is 4.41. The van der Waals surface area contributed by atoms with E-state index in [0.29, 0.717) is 33.5 Å². The van der Waals surface area contributed by atoms with Crippen LogP contribution < -0.4 is 24.3 Å². The van der Waals surface area contributed by atoms with Crippen molar-refractivity contribution in [3.05, 3.63) is 76.8 Å². The van der Waals surface area contributed by atoms with E-state index in [-0.39, 0.29) is 12.5 Å². The molecule has 30 heavy (non-hydrogen) atoms. The summed E-state index contributed by atoms with van der Waals surface area (Å²) in [6, 6.07) is 17.4. The molecule has 7 heteroatoms. The first kappa shape index (κ1) is 21.3. The fourth-order valence-corrected chi connectivity index (χ4v) is 3.01. The van der Waals surface area contributed by atoms with Crippen LogP contribution in [0.4, 0.5) is 5.69 Å². The SMILES string of the molecule is COc1ccc(OCc2cc(C(=O)Nc3cc(Cl)ccc3OC)ccc2OC)cc1. The van der Waals surface area contributed by atoms with Gasteiger partial charge in [0.15, 0.2) is 0 Å². The molecule has 0 heterocycles.